The van der Waals surface area contributed by atoms with Gasteiger partial charge in [-0.15, -0.1) is 0 Å². The summed E-state index contributed by atoms with van der Waals surface area (Å²) in [6, 6.07) is 7.78. The number of oxazole rings is 1. The molecule has 0 bridgehead atoms. The molecule has 0 saturated carbocycles. The second-order valence-electron chi connectivity index (χ2n) is 5.13. The van der Waals surface area contributed by atoms with Crippen molar-refractivity contribution < 1.29 is 9.15 Å². The summed E-state index contributed by atoms with van der Waals surface area (Å²) in [6.45, 7) is 0.402. The van der Waals surface area contributed by atoms with Crippen LogP contribution in [0.3, 0.4) is 0 Å². The van der Waals surface area contributed by atoms with Crippen LogP contribution >= 0.6 is 11.6 Å². The Hall–Kier alpha value is -2.31. The Labute approximate surface area is 131 Å². The van der Waals surface area contributed by atoms with Crippen molar-refractivity contribution in [3.63, 3.8) is 0 Å². The fraction of sp³-hybridized carbons (Fsp3) is 0.200. The van der Waals surface area contributed by atoms with Crippen LogP contribution < -0.4 is 5.73 Å². The second kappa shape index (κ2) is 4.86. The summed E-state index contributed by atoms with van der Waals surface area (Å²) in [6.07, 6.45) is 0. The molecule has 3 aromatic rings. The maximum atomic E-state index is 5.98. The number of methoxy groups -OCH3 is 1. The lowest BCUT2D eigenvalue weighted by atomic mass is 9.96. The molecule has 7 heteroatoms. The summed E-state index contributed by atoms with van der Waals surface area (Å²) in [5.41, 5.74) is 9.22. The fourth-order valence-corrected chi connectivity index (χ4v) is 2.98. The van der Waals surface area contributed by atoms with E-state index in [1.165, 1.54) is 0 Å². The SMILES string of the molecule is COCc1nc2c([nH]1)C(c1ccc(Cl)cc1)c1nc(N)oc1-2. The highest BCUT2D eigenvalue weighted by Crippen LogP contribution is 2.47. The first-order chi connectivity index (χ1) is 10.7. The Kier molecular flexibility index (Phi) is 2.95. The van der Waals surface area contributed by atoms with Crippen molar-refractivity contribution in [2.45, 2.75) is 12.5 Å². The molecule has 0 aliphatic heterocycles. The van der Waals surface area contributed by atoms with Gasteiger partial charge in [-0.25, -0.2) is 4.98 Å². The molecule has 0 amide bonds. The van der Waals surface area contributed by atoms with E-state index in [1.54, 1.807) is 7.11 Å². The number of aromatic nitrogens is 3. The van der Waals surface area contributed by atoms with Crippen LogP contribution in [0.5, 0.6) is 0 Å². The van der Waals surface area contributed by atoms with Gasteiger partial charge in [0, 0.05) is 12.1 Å². The predicted octanol–water partition coefficient (Wildman–Crippen LogP) is 2.94. The summed E-state index contributed by atoms with van der Waals surface area (Å²) in [5.74, 6) is 1.26. The number of hydrogen-bond donors (Lipinski definition) is 2. The number of nitrogens with one attached hydrogen (secondary N) is 1. The first-order valence-corrected chi connectivity index (χ1v) is 7.15. The average Bonchev–Trinajstić information content (AvgIpc) is 3.11. The molecule has 6 nitrogen and oxygen atoms in total. The Balaban J connectivity index is 1.89. The summed E-state index contributed by atoms with van der Waals surface area (Å²) in [5, 5.41) is 0.687. The van der Waals surface area contributed by atoms with Gasteiger partial charge in [-0.3, -0.25) is 0 Å². The third-order valence-electron chi connectivity index (χ3n) is 3.71. The van der Waals surface area contributed by atoms with Crippen molar-refractivity contribution in [1.29, 1.82) is 0 Å². The predicted molar refractivity (Wildman–Crippen MR) is 81.6 cm³/mol. The van der Waals surface area contributed by atoms with Crippen LogP contribution in [0.1, 0.15) is 28.7 Å². The monoisotopic (exact) mass is 316 g/mol. The Bertz CT molecular complexity index is 838. The first-order valence-electron chi connectivity index (χ1n) is 6.77. The Morgan fingerprint density at radius 3 is 2.82 bits per heavy atom. The smallest absolute Gasteiger partial charge is 0.292 e. The van der Waals surface area contributed by atoms with E-state index in [4.69, 9.17) is 26.5 Å². The molecular weight excluding hydrogens is 304 g/mol. The van der Waals surface area contributed by atoms with Gasteiger partial charge in [0.1, 0.15) is 23.8 Å². The maximum absolute atomic E-state index is 5.98. The standard InChI is InChI=1S/C15H13ClN4O2/c1-21-6-9-18-11-10(7-2-4-8(16)5-3-7)12-14(13(11)19-9)22-15(17)20-12/h2-5,10H,6H2,1H3,(H2,17,20)(H,18,19). The van der Waals surface area contributed by atoms with Gasteiger partial charge >= 0.3 is 0 Å². The van der Waals surface area contributed by atoms with Crippen LogP contribution in [0.2, 0.25) is 5.02 Å². The molecule has 1 unspecified atom stereocenters. The Morgan fingerprint density at radius 1 is 1.32 bits per heavy atom. The van der Waals surface area contributed by atoms with Gasteiger partial charge in [-0.05, 0) is 17.7 Å². The summed E-state index contributed by atoms with van der Waals surface area (Å²) >= 11 is 5.98. The molecule has 0 saturated heterocycles. The lowest BCUT2D eigenvalue weighted by Gasteiger charge is -2.10. The van der Waals surface area contributed by atoms with E-state index in [2.05, 4.69) is 15.0 Å². The van der Waals surface area contributed by atoms with Crippen LogP contribution in [0.4, 0.5) is 6.01 Å². The third kappa shape index (κ3) is 1.92. The number of anilines is 1. The fourth-order valence-electron chi connectivity index (χ4n) is 2.86. The zero-order valence-corrected chi connectivity index (χ0v) is 12.5. The number of aromatic amines is 1. The number of nitrogens with two attached hydrogens (primary N) is 1. The van der Waals surface area contributed by atoms with Crippen molar-refractivity contribution >= 4 is 17.6 Å². The number of benzene rings is 1. The molecule has 1 atom stereocenters. The van der Waals surface area contributed by atoms with E-state index in [1.807, 2.05) is 24.3 Å². The lowest BCUT2D eigenvalue weighted by molar-refractivity contribution is 0.178. The lowest BCUT2D eigenvalue weighted by Crippen LogP contribution is -2.02. The molecule has 1 aliphatic rings. The van der Waals surface area contributed by atoms with Gasteiger partial charge in [0.2, 0.25) is 0 Å². The largest absolute Gasteiger partial charge is 0.422 e. The number of H-pyrrole nitrogens is 1. The van der Waals surface area contributed by atoms with Gasteiger partial charge in [-0.2, -0.15) is 4.98 Å². The molecule has 3 N–H and O–H groups in total. The highest BCUT2D eigenvalue weighted by atomic mass is 35.5. The number of nitrogen functional groups attached to an aromatic ring is 1. The van der Waals surface area contributed by atoms with Gasteiger partial charge in [-0.1, -0.05) is 23.7 Å². The molecule has 1 aromatic carbocycles. The van der Waals surface area contributed by atoms with E-state index in [0.717, 1.165) is 28.5 Å². The van der Waals surface area contributed by atoms with Gasteiger partial charge in [0.15, 0.2) is 5.76 Å². The van der Waals surface area contributed by atoms with Crippen molar-refractivity contribution in [3.05, 3.63) is 52.1 Å². The van der Waals surface area contributed by atoms with Gasteiger partial charge < -0.3 is 19.9 Å². The van der Waals surface area contributed by atoms with Crippen molar-refractivity contribution in [1.82, 2.24) is 15.0 Å². The molecule has 0 fully saturated rings. The number of hydrogen-bond acceptors (Lipinski definition) is 5. The minimum absolute atomic E-state index is 0.0959. The molecular formula is C15H13ClN4O2. The van der Waals surface area contributed by atoms with E-state index < -0.39 is 0 Å². The van der Waals surface area contributed by atoms with Crippen LogP contribution in [0.15, 0.2) is 28.7 Å². The van der Waals surface area contributed by atoms with Gasteiger partial charge in [0.25, 0.3) is 6.01 Å². The number of rotatable bonds is 3. The molecule has 2 heterocycles. The first kappa shape index (κ1) is 13.4. The molecule has 112 valence electrons. The number of nitrogens with zero attached hydrogens (tertiary/aromatic N) is 2. The van der Waals surface area contributed by atoms with E-state index >= 15 is 0 Å². The van der Waals surface area contributed by atoms with Gasteiger partial charge in [0.05, 0.1) is 11.6 Å². The summed E-state index contributed by atoms with van der Waals surface area (Å²) < 4.78 is 10.7. The van der Waals surface area contributed by atoms with Crippen molar-refractivity contribution in [2.75, 3.05) is 12.8 Å². The Morgan fingerprint density at radius 2 is 2.09 bits per heavy atom. The molecule has 2 aromatic heterocycles. The minimum Gasteiger partial charge on any atom is -0.422 e. The van der Waals surface area contributed by atoms with Crippen LogP contribution in [0.25, 0.3) is 11.5 Å². The molecule has 0 spiro atoms. The summed E-state index contributed by atoms with van der Waals surface area (Å²) in [4.78, 5) is 12.2. The van der Waals surface area contributed by atoms with Crippen LogP contribution in [-0.4, -0.2) is 22.1 Å². The van der Waals surface area contributed by atoms with E-state index in [-0.39, 0.29) is 11.9 Å². The van der Waals surface area contributed by atoms with Crippen LogP contribution in [-0.2, 0) is 11.3 Å². The quantitative estimate of drug-likeness (QED) is 0.606. The zero-order chi connectivity index (χ0) is 15.3. The van der Waals surface area contributed by atoms with Crippen molar-refractivity contribution in [2.24, 2.45) is 0 Å². The molecule has 1 aliphatic carbocycles. The third-order valence-corrected chi connectivity index (χ3v) is 3.96. The highest BCUT2D eigenvalue weighted by molar-refractivity contribution is 6.30. The summed E-state index contributed by atoms with van der Waals surface area (Å²) in [7, 11) is 1.63. The second-order valence-corrected chi connectivity index (χ2v) is 5.57. The highest BCUT2D eigenvalue weighted by Gasteiger charge is 2.38. The minimum atomic E-state index is -0.0959. The molecule has 0 radical (unpaired) electrons. The number of halogens is 1. The normalized spacial score (nSPS) is 15.8. The average molecular weight is 317 g/mol. The maximum Gasteiger partial charge on any atom is 0.292 e. The molecule has 22 heavy (non-hydrogen) atoms. The van der Waals surface area contributed by atoms with E-state index in [9.17, 15) is 0 Å². The zero-order valence-electron chi connectivity index (χ0n) is 11.8. The number of fused-ring (bicyclic) bond motifs is 3. The topological polar surface area (TPSA) is 90.0 Å². The van der Waals surface area contributed by atoms with Crippen LogP contribution in [0, 0.1) is 0 Å². The number of imidazole rings is 1. The number of ether oxygens (including phenoxy) is 1. The van der Waals surface area contributed by atoms with E-state index in [0.29, 0.717) is 17.4 Å². The van der Waals surface area contributed by atoms with Crippen molar-refractivity contribution in [3.8, 4) is 11.5 Å². The molecule has 4 rings (SSSR count).